The molecule has 0 radical (unpaired) electrons. The molecule has 22 heavy (non-hydrogen) atoms. The molecule has 2 unspecified atom stereocenters. The molecule has 0 saturated heterocycles. The molecule has 2 rings (SSSR count). The first-order chi connectivity index (χ1) is 10.6. The van der Waals surface area contributed by atoms with E-state index in [1.54, 1.807) is 6.08 Å². The van der Waals surface area contributed by atoms with E-state index in [4.69, 9.17) is 9.47 Å². The molecule has 2 atom stereocenters. The number of nitrogens with zero attached hydrogens (tertiary/aromatic N) is 1. The molecule has 1 aromatic rings. The van der Waals surface area contributed by atoms with Gasteiger partial charge in [0.1, 0.15) is 5.92 Å². The summed E-state index contributed by atoms with van der Waals surface area (Å²) in [4.78, 5) is 28.0. The molecule has 0 amide bonds. The second-order valence-electron chi connectivity index (χ2n) is 4.74. The zero-order valence-electron chi connectivity index (χ0n) is 12.3. The van der Waals surface area contributed by atoms with Crippen LogP contribution in [0.3, 0.4) is 0 Å². The standard InChI is InChI=1S/C16H16BrNO4/c1-21-15(19)11-9-14(18-10-6-4-3-5-7-10)12(8-13(11)17)16(20)22-2/h3-7,9,12-13H,8H2,1-2H3. The van der Waals surface area contributed by atoms with E-state index in [-0.39, 0.29) is 10.8 Å². The number of allylic oxidation sites excluding steroid dienone is 1. The number of rotatable bonds is 3. The zero-order chi connectivity index (χ0) is 16.1. The van der Waals surface area contributed by atoms with Gasteiger partial charge < -0.3 is 9.47 Å². The third-order valence-electron chi connectivity index (χ3n) is 3.36. The molecular formula is C16H16BrNO4. The maximum Gasteiger partial charge on any atom is 0.334 e. The lowest BCUT2D eigenvalue weighted by Crippen LogP contribution is -2.33. The lowest BCUT2D eigenvalue weighted by Gasteiger charge is -2.25. The van der Waals surface area contributed by atoms with Crippen LogP contribution in [0.5, 0.6) is 0 Å². The molecule has 0 aromatic heterocycles. The van der Waals surface area contributed by atoms with Crippen molar-refractivity contribution in [2.75, 3.05) is 14.2 Å². The first kappa shape index (κ1) is 16.4. The van der Waals surface area contributed by atoms with E-state index in [0.717, 1.165) is 0 Å². The minimum atomic E-state index is -0.525. The Morgan fingerprint density at radius 3 is 2.45 bits per heavy atom. The van der Waals surface area contributed by atoms with Crippen molar-refractivity contribution in [3.05, 3.63) is 42.0 Å². The van der Waals surface area contributed by atoms with Crippen LogP contribution in [-0.4, -0.2) is 36.7 Å². The van der Waals surface area contributed by atoms with Gasteiger partial charge in [-0.15, -0.1) is 0 Å². The lowest BCUT2D eigenvalue weighted by atomic mass is 9.87. The van der Waals surface area contributed by atoms with Crippen LogP contribution < -0.4 is 0 Å². The predicted molar refractivity (Wildman–Crippen MR) is 86.5 cm³/mol. The Balaban J connectivity index is 2.46. The van der Waals surface area contributed by atoms with Crippen molar-refractivity contribution >= 4 is 39.3 Å². The van der Waals surface area contributed by atoms with Crippen molar-refractivity contribution in [2.45, 2.75) is 11.2 Å². The van der Waals surface area contributed by atoms with Crippen LogP contribution in [-0.2, 0) is 19.1 Å². The van der Waals surface area contributed by atoms with Gasteiger partial charge in [-0.2, -0.15) is 0 Å². The Morgan fingerprint density at radius 1 is 1.18 bits per heavy atom. The summed E-state index contributed by atoms with van der Waals surface area (Å²) in [5, 5.41) is 0. The molecule has 0 aliphatic heterocycles. The molecule has 0 heterocycles. The van der Waals surface area contributed by atoms with Crippen LogP contribution >= 0.6 is 15.9 Å². The number of aliphatic imine (C=N–C) groups is 1. The van der Waals surface area contributed by atoms with Gasteiger partial charge >= 0.3 is 11.9 Å². The monoisotopic (exact) mass is 365 g/mol. The first-order valence-electron chi connectivity index (χ1n) is 6.72. The number of ether oxygens (including phenoxy) is 2. The Hall–Kier alpha value is -1.95. The second-order valence-corrected chi connectivity index (χ2v) is 5.85. The Bertz CT molecular complexity index is 624. The molecule has 1 aliphatic rings. The topological polar surface area (TPSA) is 65.0 Å². The van der Waals surface area contributed by atoms with Crippen molar-refractivity contribution < 1.29 is 19.1 Å². The van der Waals surface area contributed by atoms with Crippen LogP contribution in [0.2, 0.25) is 0 Å². The third-order valence-corrected chi connectivity index (χ3v) is 4.23. The van der Waals surface area contributed by atoms with Gasteiger partial charge in [0, 0.05) is 4.83 Å². The molecule has 0 N–H and O–H groups in total. The first-order valence-corrected chi connectivity index (χ1v) is 7.63. The van der Waals surface area contributed by atoms with E-state index in [9.17, 15) is 9.59 Å². The van der Waals surface area contributed by atoms with Crippen molar-refractivity contribution in [1.82, 2.24) is 0 Å². The molecule has 0 saturated carbocycles. The number of benzene rings is 1. The fourth-order valence-electron chi connectivity index (χ4n) is 2.23. The van der Waals surface area contributed by atoms with Crippen LogP contribution in [0.4, 0.5) is 5.69 Å². The molecule has 0 fully saturated rings. The summed E-state index contributed by atoms with van der Waals surface area (Å²) < 4.78 is 9.61. The number of alkyl halides is 1. The quantitative estimate of drug-likeness (QED) is 0.610. The van der Waals surface area contributed by atoms with Gasteiger partial charge in [-0.3, -0.25) is 9.79 Å². The molecule has 0 bridgehead atoms. The average molecular weight is 366 g/mol. The molecule has 5 nitrogen and oxygen atoms in total. The largest absolute Gasteiger partial charge is 0.469 e. The minimum absolute atomic E-state index is 0.279. The summed E-state index contributed by atoms with van der Waals surface area (Å²) in [5.74, 6) is -1.34. The average Bonchev–Trinajstić information content (AvgIpc) is 2.55. The zero-order valence-corrected chi connectivity index (χ0v) is 13.9. The predicted octanol–water partition coefficient (Wildman–Crippen LogP) is 2.81. The molecule has 1 aromatic carbocycles. The van der Waals surface area contributed by atoms with Gasteiger partial charge in [-0.25, -0.2) is 4.79 Å². The van der Waals surface area contributed by atoms with Gasteiger partial charge in [-0.1, -0.05) is 34.1 Å². The number of methoxy groups -OCH3 is 2. The highest BCUT2D eigenvalue weighted by molar-refractivity contribution is 9.09. The van der Waals surface area contributed by atoms with Crippen LogP contribution in [0.1, 0.15) is 6.42 Å². The summed E-state index contributed by atoms with van der Waals surface area (Å²) in [6.07, 6.45) is 1.99. The smallest absolute Gasteiger partial charge is 0.334 e. The second kappa shape index (κ2) is 7.35. The molecule has 0 spiro atoms. The Kier molecular flexibility index (Phi) is 5.49. The van der Waals surface area contributed by atoms with Gasteiger partial charge in [0.2, 0.25) is 0 Å². The van der Waals surface area contributed by atoms with E-state index < -0.39 is 11.9 Å². The fourth-order valence-corrected chi connectivity index (χ4v) is 2.92. The van der Waals surface area contributed by atoms with Crippen LogP contribution in [0, 0.1) is 5.92 Å². The molecule has 116 valence electrons. The molecular weight excluding hydrogens is 350 g/mol. The SMILES string of the molecule is COC(=O)C1=CC(=Nc2ccccc2)C(C(=O)OC)CC1Br. The summed E-state index contributed by atoms with van der Waals surface area (Å²) in [5.41, 5.74) is 1.64. The summed E-state index contributed by atoms with van der Waals surface area (Å²) in [6, 6.07) is 9.24. The van der Waals surface area contributed by atoms with Crippen molar-refractivity contribution in [3.8, 4) is 0 Å². The maximum absolute atomic E-state index is 12.0. The maximum atomic E-state index is 12.0. The highest BCUT2D eigenvalue weighted by Crippen LogP contribution is 2.31. The summed E-state index contributed by atoms with van der Waals surface area (Å²) in [7, 11) is 2.66. The van der Waals surface area contributed by atoms with E-state index in [0.29, 0.717) is 23.4 Å². The summed E-state index contributed by atoms with van der Waals surface area (Å²) in [6.45, 7) is 0. The minimum Gasteiger partial charge on any atom is -0.469 e. The number of halogens is 1. The van der Waals surface area contributed by atoms with Gasteiger partial charge in [0.25, 0.3) is 0 Å². The number of para-hydroxylation sites is 1. The van der Waals surface area contributed by atoms with Crippen LogP contribution in [0.25, 0.3) is 0 Å². The lowest BCUT2D eigenvalue weighted by molar-refractivity contribution is -0.143. The number of hydrogen-bond acceptors (Lipinski definition) is 5. The van der Waals surface area contributed by atoms with Gasteiger partial charge in [-0.05, 0) is 24.6 Å². The van der Waals surface area contributed by atoms with E-state index in [1.165, 1.54) is 14.2 Å². The highest BCUT2D eigenvalue weighted by atomic mass is 79.9. The third kappa shape index (κ3) is 3.62. The normalized spacial score (nSPS) is 22.9. The fraction of sp³-hybridized carbons (Fsp3) is 0.312. The number of hydrogen-bond donors (Lipinski definition) is 0. The van der Waals surface area contributed by atoms with Gasteiger partial charge in [0.05, 0.1) is 31.2 Å². The van der Waals surface area contributed by atoms with Crippen molar-refractivity contribution in [3.63, 3.8) is 0 Å². The Labute approximate surface area is 137 Å². The number of carbonyl (C=O) groups excluding carboxylic acids is 2. The van der Waals surface area contributed by atoms with E-state index in [1.807, 2.05) is 30.3 Å². The van der Waals surface area contributed by atoms with Crippen molar-refractivity contribution in [1.29, 1.82) is 0 Å². The van der Waals surface area contributed by atoms with E-state index in [2.05, 4.69) is 20.9 Å². The van der Waals surface area contributed by atoms with Gasteiger partial charge in [0.15, 0.2) is 0 Å². The Morgan fingerprint density at radius 2 is 1.86 bits per heavy atom. The molecule has 6 heteroatoms. The van der Waals surface area contributed by atoms with Crippen molar-refractivity contribution in [2.24, 2.45) is 10.9 Å². The van der Waals surface area contributed by atoms with E-state index >= 15 is 0 Å². The number of carbonyl (C=O) groups is 2. The highest BCUT2D eigenvalue weighted by Gasteiger charge is 2.35. The molecule has 1 aliphatic carbocycles. The number of esters is 2. The van der Waals surface area contributed by atoms with Crippen LogP contribution in [0.15, 0.2) is 47.0 Å². The summed E-state index contributed by atoms with van der Waals surface area (Å²) >= 11 is 3.42.